The zero-order chi connectivity index (χ0) is 44.0. The van der Waals surface area contributed by atoms with Gasteiger partial charge in [-0.1, -0.05) is 194 Å². The van der Waals surface area contributed by atoms with E-state index in [1.807, 2.05) is 36.4 Å². The van der Waals surface area contributed by atoms with Gasteiger partial charge in [0, 0.05) is 38.5 Å². The number of benzene rings is 12. The van der Waals surface area contributed by atoms with E-state index in [0.717, 1.165) is 49.6 Å². The highest BCUT2D eigenvalue weighted by atomic mass is 15.0. The zero-order valence-corrected chi connectivity index (χ0v) is 36.2. The third kappa shape index (κ3) is 5.83. The van der Waals surface area contributed by atoms with Gasteiger partial charge in [-0.25, -0.2) is 15.0 Å². The summed E-state index contributed by atoms with van der Waals surface area (Å²) in [5, 5.41) is 17.0. The largest absolute Gasteiger partial charge is 0.309 e. The average Bonchev–Trinajstić information content (AvgIpc) is 3.74. The molecule has 0 bridgehead atoms. The molecule has 0 atom stereocenters. The Morgan fingerprint density at radius 3 is 1.22 bits per heavy atom. The fourth-order valence-corrected chi connectivity index (χ4v) is 10.8. The number of para-hydroxylation sites is 1. The molecule has 14 rings (SSSR count). The second-order valence-electron chi connectivity index (χ2n) is 17.5. The van der Waals surface area contributed by atoms with Crippen LogP contribution in [-0.2, 0) is 0 Å². The molecule has 0 aliphatic heterocycles. The molecule has 0 N–H and O–H groups in total. The van der Waals surface area contributed by atoms with Crippen molar-refractivity contribution in [3.8, 4) is 51.0 Å². The van der Waals surface area contributed by atoms with Crippen LogP contribution in [0.3, 0.4) is 0 Å². The molecule has 4 nitrogen and oxygen atoms in total. The monoisotopic (exact) mass is 850 g/mol. The summed E-state index contributed by atoms with van der Waals surface area (Å²) in [6.07, 6.45) is 0. The molecule has 14 aromatic rings. The SMILES string of the molecule is c1ccc(-c2nc(-c3ccccc3)nc(-c3cc(-n4c5ccccc5c5cc(-c6ccc7c8ccccc8c8ccccc8c7c6)ccc54)cc4c5ccccc5c5ccccc5c34)n2)cc1. The van der Waals surface area contributed by atoms with E-state index < -0.39 is 0 Å². The molecule has 0 spiro atoms. The first-order chi connectivity index (χ1) is 33.2. The standard InChI is InChI=1S/C63H38N4/c1-3-17-39(18-4-1)61-64-62(40-19-5-2-6-20-40)66-63(65-61)57-38-43(37-56-50-27-12-10-24-47(50)48-25-13-14-29-53(48)60(56)57)67-58-30-16-15-28-52(58)55-36-42(32-34-59(55)67)41-31-33-51-46-23-8-7-21-44(46)45-22-9-11-26-49(45)54(51)35-41/h1-38H. The lowest BCUT2D eigenvalue weighted by molar-refractivity contribution is 1.07. The Morgan fingerprint density at radius 1 is 0.239 bits per heavy atom. The Kier molecular flexibility index (Phi) is 8.25. The quantitative estimate of drug-likeness (QED) is 0.162. The van der Waals surface area contributed by atoms with E-state index in [1.165, 1.54) is 70.4 Å². The van der Waals surface area contributed by atoms with Gasteiger partial charge in [0.15, 0.2) is 17.5 Å². The van der Waals surface area contributed by atoms with Crippen LogP contribution < -0.4 is 0 Å². The highest BCUT2D eigenvalue weighted by Crippen LogP contribution is 2.44. The van der Waals surface area contributed by atoms with Crippen molar-refractivity contribution in [1.82, 2.24) is 19.5 Å². The molecule has 2 heterocycles. The molecule has 0 radical (unpaired) electrons. The summed E-state index contributed by atoms with van der Waals surface area (Å²) in [5.41, 5.74) is 8.48. The lowest BCUT2D eigenvalue weighted by Gasteiger charge is -2.18. The highest BCUT2D eigenvalue weighted by Gasteiger charge is 2.22. The summed E-state index contributed by atoms with van der Waals surface area (Å²) in [4.78, 5) is 15.8. The predicted octanol–water partition coefficient (Wildman–Crippen LogP) is 16.6. The van der Waals surface area contributed by atoms with E-state index in [2.05, 4.69) is 199 Å². The van der Waals surface area contributed by atoms with Gasteiger partial charge in [0.2, 0.25) is 0 Å². The predicted molar refractivity (Wildman–Crippen MR) is 281 cm³/mol. The number of aromatic nitrogens is 4. The minimum Gasteiger partial charge on any atom is -0.309 e. The second kappa shape index (κ2) is 14.8. The average molecular weight is 851 g/mol. The first-order valence-corrected chi connectivity index (χ1v) is 22.9. The molecule has 310 valence electrons. The van der Waals surface area contributed by atoms with Crippen molar-refractivity contribution in [2.45, 2.75) is 0 Å². The maximum absolute atomic E-state index is 5.35. The lowest BCUT2D eigenvalue weighted by atomic mass is 9.91. The van der Waals surface area contributed by atoms with Crippen LogP contribution in [0.4, 0.5) is 0 Å². The van der Waals surface area contributed by atoms with Crippen LogP contribution in [0.1, 0.15) is 0 Å². The first kappa shape index (κ1) is 37.4. The molecule has 0 unspecified atom stereocenters. The molecule has 0 aliphatic carbocycles. The van der Waals surface area contributed by atoms with Crippen LogP contribution in [0.5, 0.6) is 0 Å². The van der Waals surface area contributed by atoms with Gasteiger partial charge < -0.3 is 4.57 Å². The molecular formula is C63H38N4. The summed E-state index contributed by atoms with van der Waals surface area (Å²) in [5.74, 6) is 1.89. The summed E-state index contributed by atoms with van der Waals surface area (Å²) in [6, 6.07) is 83.0. The van der Waals surface area contributed by atoms with Crippen molar-refractivity contribution in [2.75, 3.05) is 0 Å². The third-order valence-electron chi connectivity index (χ3n) is 13.8. The Hall–Kier alpha value is -8.99. The van der Waals surface area contributed by atoms with Crippen molar-refractivity contribution in [1.29, 1.82) is 0 Å². The maximum atomic E-state index is 5.35. The Morgan fingerprint density at radius 2 is 0.642 bits per heavy atom. The summed E-state index contributed by atoms with van der Waals surface area (Å²) in [6.45, 7) is 0. The van der Waals surface area contributed by atoms with Gasteiger partial charge in [-0.05, 0) is 107 Å². The summed E-state index contributed by atoms with van der Waals surface area (Å²) in [7, 11) is 0. The fourth-order valence-electron chi connectivity index (χ4n) is 10.8. The Bertz CT molecular complexity index is 4230. The Balaban J connectivity index is 1.05. The van der Waals surface area contributed by atoms with Crippen molar-refractivity contribution in [3.63, 3.8) is 0 Å². The van der Waals surface area contributed by atoms with Crippen LogP contribution >= 0.6 is 0 Å². The van der Waals surface area contributed by atoms with Crippen LogP contribution in [0.15, 0.2) is 231 Å². The van der Waals surface area contributed by atoms with E-state index in [-0.39, 0.29) is 0 Å². The third-order valence-corrected chi connectivity index (χ3v) is 13.8. The van der Waals surface area contributed by atoms with E-state index in [9.17, 15) is 0 Å². The molecule has 67 heavy (non-hydrogen) atoms. The van der Waals surface area contributed by atoms with Gasteiger partial charge in [-0.3, -0.25) is 0 Å². The molecule has 0 amide bonds. The molecular weight excluding hydrogens is 813 g/mol. The van der Waals surface area contributed by atoms with Crippen LogP contribution in [0, 0.1) is 0 Å². The van der Waals surface area contributed by atoms with Crippen molar-refractivity contribution >= 4 is 86.4 Å². The second-order valence-corrected chi connectivity index (χ2v) is 17.5. The van der Waals surface area contributed by atoms with Crippen molar-refractivity contribution < 1.29 is 0 Å². The van der Waals surface area contributed by atoms with E-state index in [4.69, 9.17) is 15.0 Å². The summed E-state index contributed by atoms with van der Waals surface area (Å²) >= 11 is 0. The first-order valence-electron chi connectivity index (χ1n) is 22.9. The van der Waals surface area contributed by atoms with E-state index in [1.54, 1.807) is 0 Å². The molecule has 12 aromatic carbocycles. The maximum Gasteiger partial charge on any atom is 0.164 e. The van der Waals surface area contributed by atoms with Gasteiger partial charge in [0.1, 0.15) is 0 Å². The fraction of sp³-hybridized carbons (Fsp3) is 0. The molecule has 0 fully saturated rings. The minimum atomic E-state index is 0.625. The minimum absolute atomic E-state index is 0.625. The number of fused-ring (bicyclic) bond motifs is 15. The Labute approximate surface area is 385 Å². The van der Waals surface area contributed by atoms with E-state index in [0.29, 0.717) is 17.5 Å². The van der Waals surface area contributed by atoms with Gasteiger partial charge in [0.05, 0.1) is 11.0 Å². The van der Waals surface area contributed by atoms with Gasteiger partial charge >= 0.3 is 0 Å². The molecule has 0 aliphatic rings. The number of rotatable bonds is 5. The number of hydrogen-bond donors (Lipinski definition) is 0. The highest BCUT2D eigenvalue weighted by molar-refractivity contribution is 6.29. The van der Waals surface area contributed by atoms with Crippen molar-refractivity contribution in [2.24, 2.45) is 0 Å². The van der Waals surface area contributed by atoms with Crippen LogP contribution in [-0.4, -0.2) is 19.5 Å². The molecule has 4 heteroatoms. The smallest absolute Gasteiger partial charge is 0.164 e. The molecule has 0 saturated heterocycles. The van der Waals surface area contributed by atoms with Gasteiger partial charge in [0.25, 0.3) is 0 Å². The zero-order valence-electron chi connectivity index (χ0n) is 36.2. The van der Waals surface area contributed by atoms with Crippen LogP contribution in [0.25, 0.3) is 137 Å². The number of nitrogens with zero attached hydrogens (tertiary/aromatic N) is 4. The lowest BCUT2D eigenvalue weighted by Crippen LogP contribution is -2.02. The topological polar surface area (TPSA) is 43.6 Å². The molecule has 2 aromatic heterocycles. The van der Waals surface area contributed by atoms with Crippen molar-refractivity contribution in [3.05, 3.63) is 231 Å². The molecule has 0 saturated carbocycles. The van der Waals surface area contributed by atoms with Gasteiger partial charge in [-0.15, -0.1) is 0 Å². The van der Waals surface area contributed by atoms with Gasteiger partial charge in [-0.2, -0.15) is 0 Å². The van der Waals surface area contributed by atoms with E-state index >= 15 is 0 Å². The summed E-state index contributed by atoms with van der Waals surface area (Å²) < 4.78 is 2.43. The normalized spacial score (nSPS) is 11.9. The number of hydrogen-bond acceptors (Lipinski definition) is 3. The van der Waals surface area contributed by atoms with Crippen LogP contribution in [0.2, 0.25) is 0 Å².